The second-order valence-corrected chi connectivity index (χ2v) is 15.5. The lowest BCUT2D eigenvalue weighted by atomic mass is 9.80. The van der Waals surface area contributed by atoms with Crippen LogP contribution in [0.5, 0.6) is 0 Å². The maximum absolute atomic E-state index is 12.2. The monoisotopic (exact) mass is 763 g/mol. The van der Waals surface area contributed by atoms with E-state index >= 15 is 0 Å². The molecule has 10 nitrogen and oxygen atoms in total. The van der Waals surface area contributed by atoms with Crippen molar-refractivity contribution in [1.29, 1.82) is 0 Å². The normalized spacial score (nSPS) is 11.2. The Morgan fingerprint density at radius 2 is 0.957 bits per heavy atom. The number of hydrogen-bond acceptors (Lipinski definition) is 8. The molecule has 2 aromatic carbocycles. The van der Waals surface area contributed by atoms with Crippen LogP contribution in [0.4, 0.5) is 9.59 Å². The summed E-state index contributed by atoms with van der Waals surface area (Å²) in [6, 6.07) is 8.94. The van der Waals surface area contributed by atoms with Crippen molar-refractivity contribution in [3.05, 3.63) is 90.1 Å². The maximum atomic E-state index is 12.2. The molecule has 0 aromatic heterocycles. The van der Waals surface area contributed by atoms with Gasteiger partial charge in [0.05, 0.1) is 13.1 Å². The number of carbonyl (C=O) groups excluding carboxylic acids is 4. The van der Waals surface area contributed by atoms with Gasteiger partial charge in [0.15, 0.2) is 7.14 Å². The number of rotatable bonds is 16. The van der Waals surface area contributed by atoms with Crippen molar-refractivity contribution in [2.24, 2.45) is 0 Å². The summed E-state index contributed by atoms with van der Waals surface area (Å²) >= 11 is -0.481. The summed E-state index contributed by atoms with van der Waals surface area (Å²) in [7, 11) is 0. The number of ether oxygens (including phenoxy) is 4. The van der Waals surface area contributed by atoms with Gasteiger partial charge in [-0.1, -0.05) is 40.9 Å². The molecular weight excluding hydrogens is 715 g/mol. The smallest absolute Gasteiger partial charge is 0.407 e. The highest BCUT2D eigenvalue weighted by molar-refractivity contribution is 5.81. The lowest BCUT2D eigenvalue weighted by Crippen LogP contribution is -3.61. The molecule has 2 rings (SSSR count). The fraction of sp³-hybridized carbons (Fsp3) is 0.444. The first kappa shape index (κ1) is 39.3. The third-order valence-corrected chi connectivity index (χ3v) is 9.75. The molecule has 2 N–H and O–H groups in total. The van der Waals surface area contributed by atoms with Crippen LogP contribution < -0.4 is 31.8 Å². The van der Waals surface area contributed by atoms with E-state index in [0.29, 0.717) is 0 Å². The van der Waals surface area contributed by atoms with Crippen molar-refractivity contribution in [3.8, 4) is 0 Å². The Morgan fingerprint density at radius 1 is 0.638 bits per heavy atom. The van der Waals surface area contributed by atoms with Gasteiger partial charge in [0.1, 0.15) is 26.4 Å². The predicted molar refractivity (Wildman–Crippen MR) is 176 cm³/mol. The van der Waals surface area contributed by atoms with E-state index in [1.54, 1.807) is 0 Å². The van der Waals surface area contributed by atoms with E-state index in [1.807, 2.05) is 0 Å². The van der Waals surface area contributed by atoms with Gasteiger partial charge in [-0.2, -0.15) is 0 Å². The minimum atomic E-state index is -0.568. The molecule has 0 heterocycles. The third-order valence-electron chi connectivity index (χ3n) is 7.26. The Bertz CT molecular complexity index is 1330. The number of carbonyl (C=O) groups is 4. The highest BCUT2D eigenvalue weighted by atomic mass is 127. The van der Waals surface area contributed by atoms with Crippen molar-refractivity contribution in [1.82, 2.24) is 10.6 Å². The molecule has 256 valence electrons. The molecule has 0 spiro atoms. The molecule has 2 aromatic rings. The molecule has 0 unspecified atom stereocenters. The van der Waals surface area contributed by atoms with Crippen LogP contribution in [-0.4, -0.2) is 63.6 Å². The van der Waals surface area contributed by atoms with Gasteiger partial charge in [0.25, 0.3) is 0 Å². The molecule has 0 aliphatic rings. The number of halogens is 1. The summed E-state index contributed by atoms with van der Waals surface area (Å²) in [5.41, 5.74) is 6.02. The molecule has 0 fully saturated rings. The van der Waals surface area contributed by atoms with Gasteiger partial charge in [-0.05, 0) is 85.3 Å². The summed E-state index contributed by atoms with van der Waals surface area (Å²) in [6.07, 6.45) is 1.00. The van der Waals surface area contributed by atoms with Crippen LogP contribution in [0.2, 0.25) is 0 Å². The van der Waals surface area contributed by atoms with Crippen LogP contribution >= 0.6 is 0 Å². The molecule has 0 saturated heterocycles. The molecule has 0 radical (unpaired) electrons. The van der Waals surface area contributed by atoms with Crippen molar-refractivity contribution >= 4 is 24.1 Å². The van der Waals surface area contributed by atoms with E-state index < -0.39 is 56.2 Å². The Morgan fingerprint density at radius 3 is 1.26 bits per heavy atom. The van der Waals surface area contributed by atoms with E-state index in [2.05, 4.69) is 103 Å². The minimum absolute atomic E-state index is 0.0397. The second kappa shape index (κ2) is 17.9. The van der Waals surface area contributed by atoms with Gasteiger partial charge < -0.3 is 29.6 Å². The molecule has 11 heteroatoms. The van der Waals surface area contributed by atoms with Gasteiger partial charge in [-0.15, -0.1) is 0 Å². The van der Waals surface area contributed by atoms with Crippen LogP contribution in [0.25, 0.3) is 0 Å². The lowest BCUT2D eigenvalue weighted by Gasteiger charge is -2.28. The van der Waals surface area contributed by atoms with E-state index in [4.69, 9.17) is 18.9 Å². The zero-order valence-electron chi connectivity index (χ0n) is 28.8. The predicted octanol–water partition coefficient (Wildman–Crippen LogP) is 2.51. The summed E-state index contributed by atoms with van der Waals surface area (Å²) < 4.78 is 23.3. The number of nitrogens with one attached hydrogen (secondary N) is 2. The third kappa shape index (κ3) is 12.3. The van der Waals surface area contributed by atoms with Crippen LogP contribution in [-0.2, 0) is 39.4 Å². The average molecular weight is 764 g/mol. The summed E-state index contributed by atoms with van der Waals surface area (Å²) in [5.74, 6) is -1.09. The number of aryl methyl sites for hydroxylation is 4. The lowest BCUT2D eigenvalue weighted by molar-refractivity contribution is -0.597. The summed E-state index contributed by atoms with van der Waals surface area (Å²) in [5, 5.41) is 5.18. The summed E-state index contributed by atoms with van der Waals surface area (Å²) in [4.78, 5) is 46.7. The Kier molecular flexibility index (Phi) is 15.0. The zero-order chi connectivity index (χ0) is 35.4. The SMILES string of the molecule is C=CC(=O)OCCNC(=O)OCC(C)(C)c1c(C)cc([I+]c2cc(C)c(C(C)(C)COC(=O)NCCOC(=O)C=C)c(C)c2)cc1C. The quantitative estimate of drug-likeness (QED) is 0.0879. The second-order valence-electron chi connectivity index (χ2n) is 12.4. The molecule has 0 bridgehead atoms. The van der Waals surface area contributed by atoms with Gasteiger partial charge >= 0.3 is 45.3 Å². The van der Waals surface area contributed by atoms with Crippen molar-refractivity contribution in [3.63, 3.8) is 0 Å². The van der Waals surface area contributed by atoms with Gasteiger partial charge in [0, 0.05) is 23.0 Å². The fourth-order valence-electron chi connectivity index (χ4n) is 5.66. The molecular formula is C36H48IN2O8+. The standard InChI is InChI=1S/C36H47IN2O8/c1-11-29(40)44-15-13-38-33(42)46-21-35(7,8)31-23(3)17-27(18-24(31)4)37-28-19-25(5)32(26(6)20-28)36(9,10)22-47-34(43)39-14-16-45-30(41)12-2/h11-12,17-20H,1-2,13-16,21-22H2,3-10H3,(H-,38,39,42,43)/p+1. The average Bonchev–Trinajstić information content (AvgIpc) is 2.98. The van der Waals surface area contributed by atoms with Crippen molar-refractivity contribution in [2.45, 2.75) is 66.2 Å². The molecule has 47 heavy (non-hydrogen) atoms. The first-order valence-corrected chi connectivity index (χ1v) is 17.4. The van der Waals surface area contributed by atoms with Crippen molar-refractivity contribution in [2.75, 3.05) is 39.5 Å². The topological polar surface area (TPSA) is 129 Å². The fourth-order valence-corrected chi connectivity index (χ4v) is 8.87. The Balaban J connectivity index is 2.05. The van der Waals surface area contributed by atoms with Gasteiger partial charge in [0.2, 0.25) is 0 Å². The Hall–Kier alpha value is -3.87. The number of esters is 2. The molecule has 2 amide bonds. The number of hydrogen-bond donors (Lipinski definition) is 2. The van der Waals surface area contributed by atoms with Crippen molar-refractivity contribution < 1.29 is 59.3 Å². The van der Waals surface area contributed by atoms with Crippen LogP contribution in [0.3, 0.4) is 0 Å². The van der Waals surface area contributed by atoms with E-state index in [1.165, 1.54) is 7.14 Å². The van der Waals surface area contributed by atoms with E-state index in [-0.39, 0.29) is 39.5 Å². The molecule has 0 aliphatic carbocycles. The van der Waals surface area contributed by atoms with Gasteiger partial charge in [-0.3, -0.25) is 0 Å². The number of benzene rings is 2. The number of alkyl carbamates (subject to hydrolysis) is 2. The minimum Gasteiger partial charge on any atom is -0.461 e. The number of amides is 2. The zero-order valence-corrected chi connectivity index (χ0v) is 30.9. The van der Waals surface area contributed by atoms with Crippen LogP contribution in [0, 0.1) is 34.8 Å². The molecule has 0 aliphatic heterocycles. The van der Waals surface area contributed by atoms with Gasteiger partial charge in [-0.25, -0.2) is 19.2 Å². The highest BCUT2D eigenvalue weighted by Gasteiger charge is 2.31. The molecule has 0 saturated carbocycles. The van der Waals surface area contributed by atoms with E-state index in [0.717, 1.165) is 45.5 Å². The molecule has 0 atom stereocenters. The summed E-state index contributed by atoms with van der Waals surface area (Å²) in [6.45, 7) is 24.0. The maximum Gasteiger partial charge on any atom is 0.407 e. The highest BCUT2D eigenvalue weighted by Crippen LogP contribution is 2.31. The van der Waals surface area contributed by atoms with Crippen LogP contribution in [0.1, 0.15) is 61.1 Å². The van der Waals surface area contributed by atoms with E-state index in [9.17, 15) is 19.2 Å². The first-order valence-electron chi connectivity index (χ1n) is 15.3. The first-order chi connectivity index (χ1) is 22.0. The van der Waals surface area contributed by atoms with Crippen LogP contribution in [0.15, 0.2) is 49.6 Å². The Labute approximate surface area is 288 Å². The largest absolute Gasteiger partial charge is 0.461 e.